The molecule has 0 heterocycles. The highest BCUT2D eigenvalue weighted by Gasteiger charge is 2.17. The molecule has 1 amide bonds. The second kappa shape index (κ2) is 6.80. The fraction of sp³-hybridized carbons (Fsp3) is 0.533. The van der Waals surface area contributed by atoms with Crippen molar-refractivity contribution in [2.45, 2.75) is 44.6 Å². The molecule has 0 unspecified atom stereocenters. The first-order chi connectivity index (χ1) is 9.20. The SMILES string of the molecule is CNc1ccc(Cl)cc1C(=O)NC1CCCCCC1. The van der Waals surface area contributed by atoms with Crippen LogP contribution < -0.4 is 10.6 Å². The number of rotatable bonds is 3. The average molecular weight is 281 g/mol. The number of nitrogens with one attached hydrogen (secondary N) is 2. The maximum absolute atomic E-state index is 12.3. The summed E-state index contributed by atoms with van der Waals surface area (Å²) in [5.74, 6) is -0.0289. The number of hydrogen-bond donors (Lipinski definition) is 2. The molecule has 3 nitrogen and oxygen atoms in total. The second-order valence-corrected chi connectivity index (χ2v) is 5.54. The van der Waals surface area contributed by atoms with Crippen LogP contribution in [-0.2, 0) is 0 Å². The van der Waals surface area contributed by atoms with E-state index in [2.05, 4.69) is 10.6 Å². The molecule has 4 heteroatoms. The lowest BCUT2D eigenvalue weighted by atomic mass is 10.1. The summed E-state index contributed by atoms with van der Waals surface area (Å²) in [6.45, 7) is 0. The van der Waals surface area contributed by atoms with Crippen molar-refractivity contribution in [3.63, 3.8) is 0 Å². The van der Waals surface area contributed by atoms with Crippen LogP contribution in [0.3, 0.4) is 0 Å². The molecule has 2 rings (SSSR count). The normalized spacial score (nSPS) is 16.7. The minimum Gasteiger partial charge on any atom is -0.387 e. The molecule has 1 fully saturated rings. The molecule has 0 aliphatic heterocycles. The number of benzene rings is 1. The molecule has 0 saturated heterocycles. The molecule has 1 aliphatic rings. The van der Waals surface area contributed by atoms with Gasteiger partial charge in [0.25, 0.3) is 5.91 Å². The maximum atomic E-state index is 12.3. The van der Waals surface area contributed by atoms with Gasteiger partial charge < -0.3 is 10.6 Å². The lowest BCUT2D eigenvalue weighted by molar-refractivity contribution is 0.0934. The van der Waals surface area contributed by atoms with Crippen LogP contribution in [0.5, 0.6) is 0 Å². The van der Waals surface area contributed by atoms with Gasteiger partial charge in [-0.05, 0) is 31.0 Å². The molecule has 1 aromatic rings. The highest BCUT2D eigenvalue weighted by atomic mass is 35.5. The number of anilines is 1. The Labute approximate surface area is 119 Å². The molecule has 0 radical (unpaired) electrons. The molecular formula is C15H21ClN2O. The predicted octanol–water partition coefficient (Wildman–Crippen LogP) is 3.83. The van der Waals surface area contributed by atoms with Crippen LogP contribution in [0, 0.1) is 0 Å². The molecule has 0 aromatic heterocycles. The largest absolute Gasteiger partial charge is 0.387 e. The Hall–Kier alpha value is -1.22. The van der Waals surface area contributed by atoms with Crippen molar-refractivity contribution in [3.05, 3.63) is 28.8 Å². The monoisotopic (exact) mass is 280 g/mol. The van der Waals surface area contributed by atoms with E-state index in [4.69, 9.17) is 11.6 Å². The van der Waals surface area contributed by atoms with Crippen molar-refractivity contribution in [1.82, 2.24) is 5.32 Å². The summed E-state index contributed by atoms with van der Waals surface area (Å²) in [5.41, 5.74) is 1.44. The van der Waals surface area contributed by atoms with Crippen LogP contribution >= 0.6 is 11.6 Å². The van der Waals surface area contributed by atoms with Gasteiger partial charge in [-0.3, -0.25) is 4.79 Å². The Balaban J connectivity index is 2.08. The molecule has 1 aliphatic carbocycles. The van der Waals surface area contributed by atoms with Crippen LogP contribution in [-0.4, -0.2) is 19.0 Å². The van der Waals surface area contributed by atoms with E-state index in [1.54, 1.807) is 12.1 Å². The Bertz CT molecular complexity index is 440. The number of hydrogen-bond acceptors (Lipinski definition) is 2. The summed E-state index contributed by atoms with van der Waals surface area (Å²) in [5, 5.41) is 6.76. The van der Waals surface area contributed by atoms with Gasteiger partial charge in [-0.1, -0.05) is 37.3 Å². The third-order valence-electron chi connectivity index (χ3n) is 3.69. The lowest BCUT2D eigenvalue weighted by Crippen LogP contribution is -2.34. The van der Waals surface area contributed by atoms with E-state index in [9.17, 15) is 4.79 Å². The summed E-state index contributed by atoms with van der Waals surface area (Å²) >= 11 is 5.98. The molecule has 0 bridgehead atoms. The number of halogens is 1. The Kier molecular flexibility index (Phi) is 5.08. The zero-order valence-corrected chi connectivity index (χ0v) is 12.1. The van der Waals surface area contributed by atoms with Gasteiger partial charge in [0, 0.05) is 23.8 Å². The highest BCUT2D eigenvalue weighted by Crippen LogP contribution is 2.22. The van der Waals surface area contributed by atoms with Crippen molar-refractivity contribution < 1.29 is 4.79 Å². The van der Waals surface area contributed by atoms with Gasteiger partial charge in [-0.2, -0.15) is 0 Å². The van der Waals surface area contributed by atoms with E-state index in [-0.39, 0.29) is 5.91 Å². The summed E-state index contributed by atoms with van der Waals surface area (Å²) in [7, 11) is 1.81. The number of carbonyl (C=O) groups excluding carboxylic acids is 1. The van der Waals surface area contributed by atoms with Gasteiger partial charge in [0.1, 0.15) is 0 Å². The van der Waals surface area contributed by atoms with Crippen LogP contribution in [0.25, 0.3) is 0 Å². The van der Waals surface area contributed by atoms with Gasteiger partial charge in [-0.15, -0.1) is 0 Å². The third kappa shape index (κ3) is 3.87. The van der Waals surface area contributed by atoms with E-state index in [1.807, 2.05) is 13.1 Å². The summed E-state index contributed by atoms with van der Waals surface area (Å²) in [6, 6.07) is 5.65. The molecule has 104 valence electrons. The topological polar surface area (TPSA) is 41.1 Å². The van der Waals surface area contributed by atoms with Gasteiger partial charge in [0.05, 0.1) is 5.56 Å². The van der Waals surface area contributed by atoms with Crippen molar-refractivity contribution in [1.29, 1.82) is 0 Å². The smallest absolute Gasteiger partial charge is 0.253 e. The fourth-order valence-electron chi connectivity index (χ4n) is 2.61. The van der Waals surface area contributed by atoms with Crippen LogP contribution in [0.15, 0.2) is 18.2 Å². The zero-order chi connectivity index (χ0) is 13.7. The second-order valence-electron chi connectivity index (χ2n) is 5.10. The Morgan fingerprint density at radius 1 is 1.21 bits per heavy atom. The van der Waals surface area contributed by atoms with Gasteiger partial charge in [0.2, 0.25) is 0 Å². The molecule has 19 heavy (non-hydrogen) atoms. The van der Waals surface area contributed by atoms with Crippen LogP contribution in [0.4, 0.5) is 5.69 Å². The van der Waals surface area contributed by atoms with E-state index >= 15 is 0 Å². The standard InChI is InChI=1S/C15H21ClN2O/c1-17-14-9-8-11(16)10-13(14)15(19)18-12-6-4-2-3-5-7-12/h8-10,12,17H,2-7H2,1H3,(H,18,19). The van der Waals surface area contributed by atoms with Crippen LogP contribution in [0.2, 0.25) is 5.02 Å². The van der Waals surface area contributed by atoms with E-state index < -0.39 is 0 Å². The maximum Gasteiger partial charge on any atom is 0.253 e. The highest BCUT2D eigenvalue weighted by molar-refractivity contribution is 6.31. The van der Waals surface area contributed by atoms with Crippen LogP contribution in [0.1, 0.15) is 48.9 Å². The first-order valence-corrected chi connectivity index (χ1v) is 7.36. The summed E-state index contributed by atoms with van der Waals surface area (Å²) in [6.07, 6.45) is 7.15. The zero-order valence-electron chi connectivity index (χ0n) is 11.3. The van der Waals surface area contributed by atoms with E-state index in [0.29, 0.717) is 16.6 Å². The quantitative estimate of drug-likeness (QED) is 0.826. The Morgan fingerprint density at radius 3 is 2.53 bits per heavy atom. The minimum atomic E-state index is -0.0289. The van der Waals surface area contributed by atoms with Crippen molar-refractivity contribution >= 4 is 23.2 Å². The predicted molar refractivity (Wildman–Crippen MR) is 80.0 cm³/mol. The molecule has 2 N–H and O–H groups in total. The molecule has 0 spiro atoms. The van der Waals surface area contributed by atoms with Gasteiger partial charge in [-0.25, -0.2) is 0 Å². The number of amides is 1. The summed E-state index contributed by atoms with van der Waals surface area (Å²) in [4.78, 5) is 12.3. The molecule has 0 atom stereocenters. The fourth-order valence-corrected chi connectivity index (χ4v) is 2.78. The Morgan fingerprint density at radius 2 is 1.89 bits per heavy atom. The average Bonchev–Trinajstić information content (AvgIpc) is 2.67. The summed E-state index contributed by atoms with van der Waals surface area (Å²) < 4.78 is 0. The first kappa shape index (κ1) is 14.2. The van der Waals surface area contributed by atoms with Crippen molar-refractivity contribution in [3.8, 4) is 0 Å². The lowest BCUT2D eigenvalue weighted by Gasteiger charge is -2.17. The van der Waals surface area contributed by atoms with Gasteiger partial charge in [0.15, 0.2) is 0 Å². The number of carbonyl (C=O) groups is 1. The van der Waals surface area contributed by atoms with Gasteiger partial charge >= 0.3 is 0 Å². The van der Waals surface area contributed by atoms with E-state index in [1.165, 1.54) is 25.7 Å². The molecular weight excluding hydrogens is 260 g/mol. The molecule has 1 saturated carbocycles. The van der Waals surface area contributed by atoms with Crippen molar-refractivity contribution in [2.24, 2.45) is 0 Å². The third-order valence-corrected chi connectivity index (χ3v) is 3.92. The minimum absolute atomic E-state index is 0.0289. The first-order valence-electron chi connectivity index (χ1n) is 6.99. The molecule has 1 aromatic carbocycles. The van der Waals surface area contributed by atoms with E-state index in [0.717, 1.165) is 18.5 Å². The van der Waals surface area contributed by atoms with Crippen molar-refractivity contribution in [2.75, 3.05) is 12.4 Å².